The zero-order chi connectivity index (χ0) is 14.3. The number of pyridine rings is 1. The molecule has 100 valence electrons. The third-order valence-electron chi connectivity index (χ3n) is 3.14. The topological polar surface area (TPSA) is 34.4 Å². The molecule has 0 aliphatic carbocycles. The smallest absolute Gasteiger partial charge is 0.260 e. The molecule has 0 radical (unpaired) electrons. The van der Waals surface area contributed by atoms with Gasteiger partial charge in [0.15, 0.2) is 0 Å². The van der Waals surface area contributed by atoms with Gasteiger partial charge in [0.25, 0.3) is 5.56 Å². The Morgan fingerprint density at radius 3 is 2.90 bits per heavy atom. The molecule has 20 heavy (non-hydrogen) atoms. The molecule has 0 amide bonds. The van der Waals surface area contributed by atoms with Crippen molar-refractivity contribution in [3.8, 4) is 11.1 Å². The van der Waals surface area contributed by atoms with E-state index in [2.05, 4.69) is 20.9 Å². The molecular weight excluding hydrogens is 340 g/mol. The molecular formula is C15H10BrClN2O. The summed E-state index contributed by atoms with van der Waals surface area (Å²) in [6, 6.07) is 9.46. The molecule has 0 saturated heterocycles. The number of halogens is 2. The number of aryl methyl sites for hydroxylation is 1. The van der Waals surface area contributed by atoms with Gasteiger partial charge in [0.2, 0.25) is 0 Å². The Hall–Kier alpha value is -1.65. The first-order valence-corrected chi connectivity index (χ1v) is 7.17. The van der Waals surface area contributed by atoms with Gasteiger partial charge in [-0.1, -0.05) is 23.7 Å². The molecule has 0 atom stereocenters. The van der Waals surface area contributed by atoms with Gasteiger partial charge >= 0.3 is 0 Å². The Labute approximate surface area is 129 Å². The van der Waals surface area contributed by atoms with Crippen molar-refractivity contribution in [1.29, 1.82) is 0 Å². The fourth-order valence-electron chi connectivity index (χ4n) is 2.06. The summed E-state index contributed by atoms with van der Waals surface area (Å²) in [5.74, 6) is 0. The van der Waals surface area contributed by atoms with Crippen LogP contribution in [0.25, 0.3) is 16.8 Å². The SMILES string of the molecule is Cc1cnc2cc(-c3cccc(Br)c3Cl)ccn2c1=O. The van der Waals surface area contributed by atoms with Gasteiger partial charge in [-0.15, -0.1) is 0 Å². The first-order valence-electron chi connectivity index (χ1n) is 6.00. The highest BCUT2D eigenvalue weighted by Gasteiger charge is 2.08. The van der Waals surface area contributed by atoms with Gasteiger partial charge in [0, 0.05) is 28.0 Å². The summed E-state index contributed by atoms with van der Waals surface area (Å²) in [5.41, 5.74) is 3.00. The summed E-state index contributed by atoms with van der Waals surface area (Å²) in [5, 5.41) is 0.645. The molecule has 1 aromatic carbocycles. The summed E-state index contributed by atoms with van der Waals surface area (Å²) in [6.07, 6.45) is 3.31. The first kappa shape index (κ1) is 13.3. The normalized spacial score (nSPS) is 10.9. The largest absolute Gasteiger partial charge is 0.269 e. The first-order chi connectivity index (χ1) is 9.58. The molecule has 0 aliphatic heterocycles. The van der Waals surface area contributed by atoms with Crippen molar-refractivity contribution in [2.45, 2.75) is 6.92 Å². The van der Waals surface area contributed by atoms with Gasteiger partial charge in [-0.05, 0) is 46.6 Å². The van der Waals surface area contributed by atoms with E-state index < -0.39 is 0 Å². The average Bonchev–Trinajstić information content (AvgIpc) is 2.46. The van der Waals surface area contributed by atoms with E-state index in [1.807, 2.05) is 30.3 Å². The molecule has 3 nitrogen and oxygen atoms in total. The lowest BCUT2D eigenvalue weighted by Gasteiger charge is -2.08. The summed E-state index contributed by atoms with van der Waals surface area (Å²) in [6.45, 7) is 1.75. The van der Waals surface area contributed by atoms with Crippen molar-refractivity contribution < 1.29 is 0 Å². The molecule has 0 fully saturated rings. The van der Waals surface area contributed by atoms with Gasteiger partial charge in [0.1, 0.15) is 5.65 Å². The molecule has 3 aromatic rings. The molecule has 0 spiro atoms. The maximum Gasteiger partial charge on any atom is 0.260 e. The lowest BCUT2D eigenvalue weighted by molar-refractivity contribution is 1.02. The van der Waals surface area contributed by atoms with Crippen LogP contribution < -0.4 is 5.56 Å². The van der Waals surface area contributed by atoms with Crippen LogP contribution in [0.15, 0.2) is 52.0 Å². The highest BCUT2D eigenvalue weighted by molar-refractivity contribution is 9.10. The maximum atomic E-state index is 12.0. The van der Waals surface area contributed by atoms with Gasteiger partial charge in [-0.3, -0.25) is 9.20 Å². The van der Waals surface area contributed by atoms with Crippen LogP contribution in [0, 0.1) is 6.92 Å². The second-order valence-electron chi connectivity index (χ2n) is 4.49. The van der Waals surface area contributed by atoms with Crippen LogP contribution >= 0.6 is 27.5 Å². The third kappa shape index (κ3) is 2.15. The molecule has 0 saturated carbocycles. The van der Waals surface area contributed by atoms with E-state index in [1.54, 1.807) is 19.3 Å². The predicted molar refractivity (Wildman–Crippen MR) is 84.3 cm³/mol. The molecule has 3 rings (SSSR count). The van der Waals surface area contributed by atoms with Crippen molar-refractivity contribution in [3.63, 3.8) is 0 Å². The Bertz CT molecular complexity index is 873. The van der Waals surface area contributed by atoms with E-state index >= 15 is 0 Å². The van der Waals surface area contributed by atoms with E-state index in [4.69, 9.17) is 11.6 Å². The van der Waals surface area contributed by atoms with Crippen LogP contribution in [0.4, 0.5) is 0 Å². The second kappa shape index (κ2) is 5.04. The fraction of sp³-hybridized carbons (Fsp3) is 0.0667. The van der Waals surface area contributed by atoms with Crippen molar-refractivity contribution in [3.05, 3.63) is 68.1 Å². The second-order valence-corrected chi connectivity index (χ2v) is 5.72. The van der Waals surface area contributed by atoms with E-state index in [0.29, 0.717) is 16.2 Å². The third-order valence-corrected chi connectivity index (χ3v) is 4.44. The minimum absolute atomic E-state index is 0.0538. The standard InChI is InChI=1S/C15H10BrClN2O/c1-9-8-18-13-7-10(5-6-19(13)15(9)20)11-3-2-4-12(16)14(11)17/h2-8H,1H3. The van der Waals surface area contributed by atoms with Gasteiger partial charge in [-0.25, -0.2) is 4.98 Å². The number of fused-ring (bicyclic) bond motifs is 1. The Morgan fingerprint density at radius 1 is 1.30 bits per heavy atom. The summed E-state index contributed by atoms with van der Waals surface area (Å²) < 4.78 is 2.37. The van der Waals surface area contributed by atoms with Crippen LogP contribution in [0.5, 0.6) is 0 Å². The molecule has 0 N–H and O–H groups in total. The van der Waals surface area contributed by atoms with E-state index in [1.165, 1.54) is 4.40 Å². The monoisotopic (exact) mass is 348 g/mol. The molecule has 5 heteroatoms. The van der Waals surface area contributed by atoms with E-state index in [-0.39, 0.29) is 5.56 Å². The highest BCUT2D eigenvalue weighted by Crippen LogP contribution is 2.33. The van der Waals surface area contributed by atoms with Crippen molar-refractivity contribution in [2.24, 2.45) is 0 Å². The number of rotatable bonds is 1. The van der Waals surface area contributed by atoms with Gasteiger partial charge < -0.3 is 0 Å². The predicted octanol–water partition coefficient (Wildman–Crippen LogP) is 4.09. The van der Waals surface area contributed by atoms with Gasteiger partial charge in [0.05, 0.1) is 5.02 Å². The number of hydrogen-bond donors (Lipinski definition) is 0. The van der Waals surface area contributed by atoms with Gasteiger partial charge in [-0.2, -0.15) is 0 Å². The number of aromatic nitrogens is 2. The molecule has 2 heterocycles. The quantitative estimate of drug-likeness (QED) is 0.663. The summed E-state index contributed by atoms with van der Waals surface area (Å²) >= 11 is 9.71. The van der Waals surface area contributed by atoms with Crippen LogP contribution in [-0.4, -0.2) is 9.38 Å². The van der Waals surface area contributed by atoms with Crippen molar-refractivity contribution in [1.82, 2.24) is 9.38 Å². The molecule has 0 unspecified atom stereocenters. The highest BCUT2D eigenvalue weighted by atomic mass is 79.9. The zero-order valence-electron chi connectivity index (χ0n) is 10.6. The minimum atomic E-state index is -0.0538. The van der Waals surface area contributed by atoms with Crippen LogP contribution in [0.1, 0.15) is 5.56 Å². The molecule has 2 aromatic heterocycles. The number of benzene rings is 1. The van der Waals surface area contributed by atoms with Crippen molar-refractivity contribution >= 4 is 33.2 Å². The van der Waals surface area contributed by atoms with E-state index in [9.17, 15) is 4.79 Å². The van der Waals surface area contributed by atoms with E-state index in [0.717, 1.165) is 15.6 Å². The summed E-state index contributed by atoms with van der Waals surface area (Å²) in [7, 11) is 0. The Kier molecular flexibility index (Phi) is 3.36. The van der Waals surface area contributed by atoms with Crippen LogP contribution in [0.2, 0.25) is 5.02 Å². The fourth-order valence-corrected chi connectivity index (χ4v) is 2.66. The van der Waals surface area contributed by atoms with Crippen molar-refractivity contribution in [2.75, 3.05) is 0 Å². The average molecular weight is 350 g/mol. The van der Waals surface area contributed by atoms with Crippen LogP contribution in [-0.2, 0) is 0 Å². The minimum Gasteiger partial charge on any atom is -0.269 e. The zero-order valence-corrected chi connectivity index (χ0v) is 12.9. The lowest BCUT2D eigenvalue weighted by Crippen LogP contribution is -2.16. The number of nitrogens with zero attached hydrogens (tertiary/aromatic N) is 2. The molecule has 0 bridgehead atoms. The summed E-state index contributed by atoms with van der Waals surface area (Å²) in [4.78, 5) is 16.3. The Morgan fingerprint density at radius 2 is 2.10 bits per heavy atom. The molecule has 0 aliphatic rings. The maximum absolute atomic E-state index is 12.0. The Balaban J connectivity index is 2.26. The number of hydrogen-bond acceptors (Lipinski definition) is 2. The lowest BCUT2D eigenvalue weighted by atomic mass is 10.1. The van der Waals surface area contributed by atoms with Crippen LogP contribution in [0.3, 0.4) is 0 Å².